The summed E-state index contributed by atoms with van der Waals surface area (Å²) in [5.74, 6) is -0.435. The maximum absolute atomic E-state index is 12.4. The highest BCUT2D eigenvalue weighted by Crippen LogP contribution is 2.27. The van der Waals surface area contributed by atoms with Crippen LogP contribution in [0.5, 0.6) is 0 Å². The second-order valence-corrected chi connectivity index (χ2v) is 8.39. The number of aryl methyl sites for hydroxylation is 2. The lowest BCUT2D eigenvalue weighted by Gasteiger charge is -2.20. The minimum Gasteiger partial charge on any atom is -0.323 e. The minimum atomic E-state index is -3.54. The number of anilines is 1. The van der Waals surface area contributed by atoms with E-state index in [0.29, 0.717) is 10.7 Å². The Labute approximate surface area is 153 Å². The highest BCUT2D eigenvalue weighted by molar-refractivity contribution is 7.88. The molecule has 5 nitrogen and oxygen atoms in total. The van der Waals surface area contributed by atoms with Crippen molar-refractivity contribution in [3.63, 3.8) is 0 Å². The van der Waals surface area contributed by atoms with Crippen LogP contribution in [-0.2, 0) is 21.4 Å². The monoisotopic (exact) mass is 380 g/mol. The van der Waals surface area contributed by atoms with E-state index in [4.69, 9.17) is 11.6 Å². The first-order valence-electron chi connectivity index (χ1n) is 7.72. The van der Waals surface area contributed by atoms with Gasteiger partial charge >= 0.3 is 0 Å². The molecule has 0 aliphatic heterocycles. The van der Waals surface area contributed by atoms with Crippen molar-refractivity contribution in [3.05, 3.63) is 64.2 Å². The Hall–Kier alpha value is -1.89. The van der Waals surface area contributed by atoms with Crippen LogP contribution in [0.3, 0.4) is 0 Å². The number of sulfonamides is 1. The summed E-state index contributed by atoms with van der Waals surface area (Å²) in [5, 5.41) is 3.15. The van der Waals surface area contributed by atoms with Crippen molar-refractivity contribution in [2.75, 3.05) is 18.1 Å². The van der Waals surface area contributed by atoms with Gasteiger partial charge in [0.1, 0.15) is 0 Å². The molecular weight excluding hydrogens is 360 g/mol. The lowest BCUT2D eigenvalue weighted by atomic mass is 10.1. The number of nitrogens with one attached hydrogen (secondary N) is 1. The molecule has 1 N–H and O–H groups in total. The molecule has 0 aliphatic rings. The van der Waals surface area contributed by atoms with Gasteiger partial charge in [0.15, 0.2) is 0 Å². The van der Waals surface area contributed by atoms with Crippen molar-refractivity contribution in [1.29, 1.82) is 0 Å². The largest absolute Gasteiger partial charge is 0.323 e. The van der Waals surface area contributed by atoms with Gasteiger partial charge in [-0.1, -0.05) is 48.0 Å². The number of carbonyl (C=O) groups excluding carboxylic acids is 1. The number of amides is 1. The average Bonchev–Trinajstić information content (AvgIpc) is 2.50. The zero-order valence-electron chi connectivity index (χ0n) is 14.4. The molecule has 7 heteroatoms. The predicted molar refractivity (Wildman–Crippen MR) is 101 cm³/mol. The third kappa shape index (κ3) is 5.56. The summed E-state index contributed by atoms with van der Waals surface area (Å²) in [4.78, 5) is 12.4. The number of nitrogens with zero attached hydrogens (tertiary/aromatic N) is 1. The van der Waals surface area contributed by atoms with E-state index in [9.17, 15) is 13.2 Å². The fourth-order valence-electron chi connectivity index (χ4n) is 2.49. The molecule has 1 amide bonds. The standard InChI is InChI=1S/C18H21ClN2O3S/c1-13-9-14(2)18(16(19)10-13)20-17(22)12-21(25(3,23)24)11-15-7-5-4-6-8-15/h4-10H,11-12H2,1-3H3,(H,20,22). The van der Waals surface area contributed by atoms with Crippen LogP contribution in [0.4, 0.5) is 5.69 Å². The van der Waals surface area contributed by atoms with Gasteiger partial charge < -0.3 is 5.32 Å². The van der Waals surface area contributed by atoms with Crippen LogP contribution in [0.15, 0.2) is 42.5 Å². The normalized spacial score (nSPS) is 11.6. The van der Waals surface area contributed by atoms with Crippen molar-refractivity contribution >= 4 is 33.2 Å². The number of benzene rings is 2. The topological polar surface area (TPSA) is 66.5 Å². The zero-order chi connectivity index (χ0) is 18.6. The van der Waals surface area contributed by atoms with Crippen LogP contribution < -0.4 is 5.32 Å². The molecule has 2 aromatic carbocycles. The van der Waals surface area contributed by atoms with E-state index in [0.717, 1.165) is 27.3 Å². The van der Waals surface area contributed by atoms with E-state index in [1.807, 2.05) is 50.2 Å². The molecule has 0 saturated heterocycles. The summed E-state index contributed by atoms with van der Waals surface area (Å²) in [6.45, 7) is 3.60. The molecule has 0 saturated carbocycles. The highest BCUT2D eigenvalue weighted by Gasteiger charge is 2.21. The Kier molecular flexibility index (Phi) is 6.21. The third-order valence-corrected chi connectivity index (χ3v) is 5.18. The summed E-state index contributed by atoms with van der Waals surface area (Å²) in [6.07, 6.45) is 1.09. The second-order valence-electron chi connectivity index (χ2n) is 6.00. The molecule has 0 fully saturated rings. The van der Waals surface area contributed by atoms with Gasteiger partial charge in [-0.2, -0.15) is 4.31 Å². The summed E-state index contributed by atoms with van der Waals surface area (Å²) in [6, 6.07) is 12.8. The Balaban J connectivity index is 2.15. The number of halogens is 1. The van der Waals surface area contributed by atoms with Crippen LogP contribution in [0.1, 0.15) is 16.7 Å². The molecule has 2 aromatic rings. The van der Waals surface area contributed by atoms with Crippen LogP contribution in [0.2, 0.25) is 5.02 Å². The molecule has 0 atom stereocenters. The van der Waals surface area contributed by atoms with Gasteiger partial charge in [-0.25, -0.2) is 8.42 Å². The van der Waals surface area contributed by atoms with Crippen molar-refractivity contribution in [1.82, 2.24) is 4.31 Å². The first kappa shape index (κ1) is 19.4. The molecular formula is C18H21ClN2O3S. The third-order valence-electron chi connectivity index (χ3n) is 3.69. The first-order chi connectivity index (χ1) is 11.7. The maximum Gasteiger partial charge on any atom is 0.239 e. The molecule has 2 rings (SSSR count). The lowest BCUT2D eigenvalue weighted by molar-refractivity contribution is -0.116. The first-order valence-corrected chi connectivity index (χ1v) is 9.95. The Morgan fingerprint density at radius 1 is 1.16 bits per heavy atom. The van der Waals surface area contributed by atoms with Crippen molar-refractivity contribution < 1.29 is 13.2 Å². The van der Waals surface area contributed by atoms with Gasteiger partial charge in [0, 0.05) is 6.54 Å². The van der Waals surface area contributed by atoms with Crippen LogP contribution in [0.25, 0.3) is 0 Å². The van der Waals surface area contributed by atoms with E-state index >= 15 is 0 Å². The predicted octanol–water partition coefficient (Wildman–Crippen LogP) is 3.36. The van der Waals surface area contributed by atoms with Crippen LogP contribution in [0, 0.1) is 13.8 Å². The fourth-order valence-corrected chi connectivity index (χ4v) is 3.59. The minimum absolute atomic E-state index is 0.133. The quantitative estimate of drug-likeness (QED) is 0.835. The Morgan fingerprint density at radius 2 is 1.80 bits per heavy atom. The fraction of sp³-hybridized carbons (Fsp3) is 0.278. The van der Waals surface area contributed by atoms with Gasteiger partial charge in [0.25, 0.3) is 0 Å². The van der Waals surface area contributed by atoms with Gasteiger partial charge in [-0.3, -0.25) is 4.79 Å². The molecule has 0 aliphatic carbocycles. The van der Waals surface area contributed by atoms with Crippen LogP contribution in [-0.4, -0.2) is 31.4 Å². The Bertz CT molecular complexity index is 844. The van der Waals surface area contributed by atoms with Gasteiger partial charge in [0.05, 0.1) is 23.5 Å². The molecule has 25 heavy (non-hydrogen) atoms. The Morgan fingerprint density at radius 3 is 2.36 bits per heavy atom. The van der Waals surface area contributed by atoms with Gasteiger partial charge in [-0.15, -0.1) is 0 Å². The van der Waals surface area contributed by atoms with Crippen molar-refractivity contribution in [2.24, 2.45) is 0 Å². The van der Waals surface area contributed by atoms with Gasteiger partial charge in [-0.05, 0) is 36.6 Å². The van der Waals surface area contributed by atoms with E-state index in [1.54, 1.807) is 6.07 Å². The molecule has 134 valence electrons. The zero-order valence-corrected chi connectivity index (χ0v) is 16.0. The second kappa shape index (κ2) is 7.99. The van der Waals surface area contributed by atoms with Crippen molar-refractivity contribution in [3.8, 4) is 0 Å². The maximum atomic E-state index is 12.4. The molecule has 0 radical (unpaired) electrons. The number of hydrogen-bond donors (Lipinski definition) is 1. The molecule has 0 aromatic heterocycles. The van der Waals surface area contributed by atoms with Crippen molar-refractivity contribution in [2.45, 2.75) is 20.4 Å². The van der Waals surface area contributed by atoms with E-state index in [2.05, 4.69) is 5.32 Å². The smallest absolute Gasteiger partial charge is 0.239 e. The number of carbonyl (C=O) groups is 1. The summed E-state index contributed by atoms with van der Waals surface area (Å²) in [5.41, 5.74) is 3.13. The summed E-state index contributed by atoms with van der Waals surface area (Å²) < 4.78 is 25.2. The number of rotatable bonds is 6. The number of hydrogen-bond acceptors (Lipinski definition) is 3. The molecule has 0 bridgehead atoms. The summed E-state index contributed by atoms with van der Waals surface area (Å²) >= 11 is 6.19. The average molecular weight is 381 g/mol. The van der Waals surface area contributed by atoms with E-state index < -0.39 is 15.9 Å². The van der Waals surface area contributed by atoms with Crippen LogP contribution >= 0.6 is 11.6 Å². The lowest BCUT2D eigenvalue weighted by Crippen LogP contribution is -2.37. The van der Waals surface area contributed by atoms with Gasteiger partial charge in [0.2, 0.25) is 15.9 Å². The summed E-state index contributed by atoms with van der Waals surface area (Å²) in [7, 11) is -3.54. The van der Waals surface area contributed by atoms with E-state index in [1.165, 1.54) is 0 Å². The highest BCUT2D eigenvalue weighted by atomic mass is 35.5. The molecule has 0 heterocycles. The SMILES string of the molecule is Cc1cc(C)c(NC(=O)CN(Cc2ccccc2)S(C)(=O)=O)c(Cl)c1. The molecule has 0 unspecified atom stereocenters. The van der Waals surface area contributed by atoms with E-state index in [-0.39, 0.29) is 13.1 Å². The molecule has 0 spiro atoms.